The molecule has 0 radical (unpaired) electrons. The topological polar surface area (TPSA) is 60.8 Å². The molecule has 1 aliphatic rings. The van der Waals surface area contributed by atoms with E-state index in [4.69, 9.17) is 5.11 Å². The fourth-order valence-corrected chi connectivity index (χ4v) is 1.91. The predicted molar refractivity (Wildman–Crippen MR) is 53.1 cm³/mol. The SMILES string of the molecule is C[C@@H](O)C1CCN(CCC(=O)O)CC1. The highest BCUT2D eigenvalue weighted by Gasteiger charge is 2.22. The summed E-state index contributed by atoms with van der Waals surface area (Å²) in [7, 11) is 0. The molecule has 2 N–H and O–H groups in total. The molecule has 82 valence electrons. The van der Waals surface area contributed by atoms with E-state index >= 15 is 0 Å². The summed E-state index contributed by atoms with van der Waals surface area (Å²) in [4.78, 5) is 12.5. The Morgan fingerprint density at radius 1 is 1.50 bits per heavy atom. The molecule has 0 unspecified atom stereocenters. The maximum absolute atomic E-state index is 10.3. The lowest BCUT2D eigenvalue weighted by molar-refractivity contribution is -0.137. The van der Waals surface area contributed by atoms with Crippen molar-refractivity contribution in [3.8, 4) is 0 Å². The van der Waals surface area contributed by atoms with Crippen LogP contribution in [0.5, 0.6) is 0 Å². The Morgan fingerprint density at radius 2 is 2.07 bits per heavy atom. The van der Waals surface area contributed by atoms with Crippen LogP contribution in [-0.2, 0) is 4.79 Å². The van der Waals surface area contributed by atoms with Crippen molar-refractivity contribution in [1.29, 1.82) is 0 Å². The number of carboxylic acids is 1. The van der Waals surface area contributed by atoms with Crippen LogP contribution >= 0.6 is 0 Å². The molecular formula is C10H19NO3. The van der Waals surface area contributed by atoms with Gasteiger partial charge in [0.25, 0.3) is 0 Å². The van der Waals surface area contributed by atoms with Gasteiger partial charge in [-0.1, -0.05) is 0 Å². The summed E-state index contributed by atoms with van der Waals surface area (Å²) in [5.74, 6) is -0.335. The van der Waals surface area contributed by atoms with Gasteiger partial charge in [-0.2, -0.15) is 0 Å². The molecule has 1 saturated heterocycles. The number of nitrogens with zero attached hydrogens (tertiary/aromatic N) is 1. The van der Waals surface area contributed by atoms with E-state index in [1.807, 2.05) is 6.92 Å². The molecule has 0 aromatic carbocycles. The summed E-state index contributed by atoms with van der Waals surface area (Å²) in [5.41, 5.74) is 0. The van der Waals surface area contributed by atoms with E-state index < -0.39 is 5.97 Å². The molecule has 1 heterocycles. The van der Waals surface area contributed by atoms with Crippen LogP contribution in [0.15, 0.2) is 0 Å². The number of likely N-dealkylation sites (tertiary alicyclic amines) is 1. The van der Waals surface area contributed by atoms with Gasteiger partial charge < -0.3 is 15.1 Å². The van der Waals surface area contributed by atoms with Gasteiger partial charge in [-0.3, -0.25) is 4.79 Å². The molecule has 1 atom stereocenters. The second kappa shape index (κ2) is 5.32. The third kappa shape index (κ3) is 3.64. The first kappa shape index (κ1) is 11.5. The number of rotatable bonds is 4. The van der Waals surface area contributed by atoms with Gasteiger partial charge >= 0.3 is 5.97 Å². The van der Waals surface area contributed by atoms with Crippen molar-refractivity contribution in [3.63, 3.8) is 0 Å². The summed E-state index contributed by atoms with van der Waals surface area (Å²) < 4.78 is 0. The molecule has 0 amide bonds. The Kier molecular flexibility index (Phi) is 4.35. The van der Waals surface area contributed by atoms with Gasteiger partial charge in [0.05, 0.1) is 12.5 Å². The maximum atomic E-state index is 10.3. The Hall–Kier alpha value is -0.610. The molecule has 1 rings (SSSR count). The van der Waals surface area contributed by atoms with Crippen LogP contribution in [0.4, 0.5) is 0 Å². The second-order valence-electron chi connectivity index (χ2n) is 4.06. The standard InChI is InChI=1S/C10H19NO3/c1-8(12)9-2-5-11(6-3-9)7-4-10(13)14/h8-9,12H,2-7H2,1H3,(H,13,14)/t8-/m1/s1. The average Bonchev–Trinajstić information content (AvgIpc) is 2.15. The van der Waals surface area contributed by atoms with Crippen molar-refractivity contribution in [2.45, 2.75) is 32.3 Å². The highest BCUT2D eigenvalue weighted by Crippen LogP contribution is 2.20. The van der Waals surface area contributed by atoms with Crippen molar-refractivity contribution in [2.24, 2.45) is 5.92 Å². The number of piperidine rings is 1. The minimum Gasteiger partial charge on any atom is -0.481 e. The average molecular weight is 201 g/mol. The molecule has 0 aliphatic carbocycles. The van der Waals surface area contributed by atoms with Crippen LogP contribution in [0.2, 0.25) is 0 Å². The first-order chi connectivity index (χ1) is 6.59. The number of carbonyl (C=O) groups is 1. The van der Waals surface area contributed by atoms with Crippen LogP contribution in [-0.4, -0.2) is 46.8 Å². The van der Waals surface area contributed by atoms with Crippen molar-refractivity contribution in [1.82, 2.24) is 4.90 Å². The number of aliphatic hydroxyl groups excluding tert-OH is 1. The molecule has 1 aliphatic heterocycles. The van der Waals surface area contributed by atoms with Crippen LogP contribution in [0.3, 0.4) is 0 Å². The van der Waals surface area contributed by atoms with Crippen molar-refractivity contribution < 1.29 is 15.0 Å². The lowest BCUT2D eigenvalue weighted by Gasteiger charge is -2.32. The fourth-order valence-electron chi connectivity index (χ4n) is 1.91. The van der Waals surface area contributed by atoms with Crippen LogP contribution in [0.25, 0.3) is 0 Å². The molecule has 0 saturated carbocycles. The molecule has 0 bridgehead atoms. The number of hydrogen-bond acceptors (Lipinski definition) is 3. The summed E-state index contributed by atoms with van der Waals surface area (Å²) in [6, 6.07) is 0. The van der Waals surface area contributed by atoms with E-state index in [0.717, 1.165) is 25.9 Å². The third-order valence-corrected chi connectivity index (χ3v) is 2.96. The van der Waals surface area contributed by atoms with Gasteiger partial charge in [-0.05, 0) is 38.8 Å². The number of aliphatic hydroxyl groups is 1. The van der Waals surface area contributed by atoms with E-state index in [-0.39, 0.29) is 12.5 Å². The zero-order valence-electron chi connectivity index (χ0n) is 8.65. The molecule has 4 nitrogen and oxygen atoms in total. The minimum atomic E-state index is -0.734. The molecule has 0 spiro atoms. The predicted octanol–water partition coefficient (Wildman–Crippen LogP) is 0.554. The zero-order valence-corrected chi connectivity index (χ0v) is 8.65. The molecular weight excluding hydrogens is 182 g/mol. The number of aliphatic carboxylic acids is 1. The molecule has 4 heteroatoms. The van der Waals surface area contributed by atoms with Gasteiger partial charge in [0.15, 0.2) is 0 Å². The summed E-state index contributed by atoms with van der Waals surface area (Å²) in [6.45, 7) is 4.31. The van der Waals surface area contributed by atoms with Gasteiger partial charge in [-0.15, -0.1) is 0 Å². The Bertz CT molecular complexity index is 186. The Balaban J connectivity index is 2.19. The smallest absolute Gasteiger partial charge is 0.304 e. The quantitative estimate of drug-likeness (QED) is 0.697. The number of hydrogen-bond donors (Lipinski definition) is 2. The van der Waals surface area contributed by atoms with Gasteiger partial charge in [0.1, 0.15) is 0 Å². The van der Waals surface area contributed by atoms with Crippen LogP contribution in [0.1, 0.15) is 26.2 Å². The number of carboxylic acid groups (broad SMARTS) is 1. The van der Waals surface area contributed by atoms with Crippen LogP contribution < -0.4 is 0 Å². The Labute approximate surface area is 84.5 Å². The third-order valence-electron chi connectivity index (χ3n) is 2.96. The summed E-state index contributed by atoms with van der Waals surface area (Å²) in [5, 5.41) is 17.9. The van der Waals surface area contributed by atoms with Gasteiger partial charge in [0, 0.05) is 6.54 Å². The lowest BCUT2D eigenvalue weighted by Crippen LogP contribution is -2.38. The van der Waals surface area contributed by atoms with Crippen molar-refractivity contribution >= 4 is 5.97 Å². The zero-order chi connectivity index (χ0) is 10.6. The Morgan fingerprint density at radius 3 is 2.50 bits per heavy atom. The first-order valence-corrected chi connectivity index (χ1v) is 5.22. The monoisotopic (exact) mass is 201 g/mol. The molecule has 0 aromatic rings. The van der Waals surface area contributed by atoms with E-state index in [1.165, 1.54) is 0 Å². The summed E-state index contributed by atoms with van der Waals surface area (Å²) in [6.07, 6.45) is 1.96. The maximum Gasteiger partial charge on any atom is 0.304 e. The molecule has 1 fully saturated rings. The lowest BCUT2D eigenvalue weighted by atomic mass is 9.92. The van der Waals surface area contributed by atoms with E-state index in [0.29, 0.717) is 12.5 Å². The van der Waals surface area contributed by atoms with E-state index in [2.05, 4.69) is 4.90 Å². The highest BCUT2D eigenvalue weighted by atomic mass is 16.4. The highest BCUT2D eigenvalue weighted by molar-refractivity contribution is 5.66. The van der Waals surface area contributed by atoms with Gasteiger partial charge in [-0.25, -0.2) is 0 Å². The largest absolute Gasteiger partial charge is 0.481 e. The van der Waals surface area contributed by atoms with Gasteiger partial charge in [0.2, 0.25) is 0 Å². The normalized spacial score (nSPS) is 22.1. The van der Waals surface area contributed by atoms with Crippen LogP contribution in [0, 0.1) is 5.92 Å². The molecule has 14 heavy (non-hydrogen) atoms. The minimum absolute atomic E-state index is 0.222. The van der Waals surface area contributed by atoms with E-state index in [1.54, 1.807) is 0 Å². The van der Waals surface area contributed by atoms with E-state index in [9.17, 15) is 9.90 Å². The van der Waals surface area contributed by atoms with Crippen molar-refractivity contribution in [3.05, 3.63) is 0 Å². The van der Waals surface area contributed by atoms with Crippen molar-refractivity contribution in [2.75, 3.05) is 19.6 Å². The fraction of sp³-hybridized carbons (Fsp3) is 0.900. The second-order valence-corrected chi connectivity index (χ2v) is 4.06. The summed E-state index contributed by atoms with van der Waals surface area (Å²) >= 11 is 0. The first-order valence-electron chi connectivity index (χ1n) is 5.22. The molecule has 0 aromatic heterocycles.